The van der Waals surface area contributed by atoms with Crippen LogP contribution in [0.1, 0.15) is 57.2 Å². The summed E-state index contributed by atoms with van der Waals surface area (Å²) in [6.07, 6.45) is 9.30. The Bertz CT molecular complexity index is 2260. The molecule has 6 aromatic rings. The molecule has 2 aliphatic carbocycles. The number of pyridine rings is 2. The van der Waals surface area contributed by atoms with Crippen molar-refractivity contribution in [3.05, 3.63) is 143 Å². The van der Waals surface area contributed by atoms with E-state index in [1.807, 2.05) is 0 Å². The van der Waals surface area contributed by atoms with Crippen LogP contribution in [0, 0.1) is 11.8 Å². The van der Waals surface area contributed by atoms with Crippen molar-refractivity contribution >= 4 is 65.7 Å². The van der Waals surface area contributed by atoms with E-state index in [0.29, 0.717) is 19.1 Å². The van der Waals surface area contributed by atoms with Gasteiger partial charge >= 0.3 is 289 Å². The van der Waals surface area contributed by atoms with Gasteiger partial charge in [-0.1, -0.05) is 0 Å². The van der Waals surface area contributed by atoms with Crippen LogP contribution in [0.2, 0.25) is 9.26 Å². The fourth-order valence-corrected chi connectivity index (χ4v) is 29.0. The second kappa shape index (κ2) is 13.4. The minimum Gasteiger partial charge on any atom is -0.147 e. The van der Waals surface area contributed by atoms with Gasteiger partial charge in [-0.3, -0.25) is 0 Å². The van der Waals surface area contributed by atoms with Gasteiger partial charge in [0.25, 0.3) is 0 Å². The predicted molar refractivity (Wildman–Crippen MR) is 220 cm³/mol. The quantitative estimate of drug-likeness (QED) is 0.157. The van der Waals surface area contributed by atoms with Crippen LogP contribution in [0.3, 0.4) is 0 Å². The second-order valence-corrected chi connectivity index (χ2v) is 46.3. The van der Waals surface area contributed by atoms with Gasteiger partial charge in [-0.25, -0.2) is 0 Å². The van der Waals surface area contributed by atoms with Crippen molar-refractivity contribution in [1.82, 2.24) is 9.97 Å². The minimum atomic E-state index is -3.81. The van der Waals surface area contributed by atoms with Crippen molar-refractivity contribution in [2.45, 2.75) is 44.2 Å². The first-order chi connectivity index (χ1) is 23.0. The molecule has 4 aromatic carbocycles. The molecule has 2 aromatic heterocycles. The zero-order valence-corrected chi connectivity index (χ0v) is 35.3. The van der Waals surface area contributed by atoms with Crippen molar-refractivity contribution in [3.8, 4) is 22.3 Å². The van der Waals surface area contributed by atoms with Gasteiger partial charge in [-0.15, -0.1) is 24.8 Å². The average Bonchev–Trinajstić information content (AvgIpc) is 3.69. The van der Waals surface area contributed by atoms with E-state index in [1.54, 1.807) is 11.1 Å². The molecule has 0 fully saturated rings. The van der Waals surface area contributed by atoms with Crippen LogP contribution in [0.25, 0.3) is 56.2 Å². The molecule has 2 nitrogen and oxygen atoms in total. The molecule has 2 unspecified atom stereocenters. The maximum atomic E-state index is 4.87. The zero-order valence-electron chi connectivity index (χ0n) is 29.8. The summed E-state index contributed by atoms with van der Waals surface area (Å²) in [5, 5.41) is 2.38. The molecule has 0 saturated heterocycles. The molecule has 2 aliphatic rings. The molecule has 0 bridgehead atoms. The third-order valence-electron chi connectivity index (χ3n) is 11.2. The number of hydrogen-bond donors (Lipinski definition) is 0. The maximum absolute atomic E-state index is 4.87. The molecule has 2 atom stereocenters. The van der Waals surface area contributed by atoms with Crippen LogP contribution < -0.4 is 0 Å². The smallest absolute Gasteiger partial charge is 0.147 e. The van der Waals surface area contributed by atoms with E-state index in [4.69, 9.17) is 9.97 Å². The summed E-state index contributed by atoms with van der Waals surface area (Å²) in [5.41, 5.74) is 16.2. The first-order valence-corrected chi connectivity index (χ1v) is 31.1. The van der Waals surface area contributed by atoms with Crippen molar-refractivity contribution < 1.29 is 17.4 Å². The fraction of sp³-hybridized carbons (Fsp3) is 0.227. The van der Waals surface area contributed by atoms with E-state index in [2.05, 4.69) is 165 Å². The number of hydrogen-bond acceptors (Lipinski definition) is 2. The Morgan fingerprint density at radius 1 is 0.560 bits per heavy atom. The number of benzene rings is 4. The molecule has 2 heterocycles. The Balaban J connectivity index is 0.00000216. The van der Waals surface area contributed by atoms with Crippen molar-refractivity contribution in [2.75, 3.05) is 0 Å². The summed E-state index contributed by atoms with van der Waals surface area (Å²) in [5.74, 6) is 0.926. The zero-order chi connectivity index (χ0) is 33.4. The number of nitrogens with zero attached hydrogens (tertiary/aromatic N) is 2. The van der Waals surface area contributed by atoms with Crippen molar-refractivity contribution in [2.24, 2.45) is 11.8 Å². The number of fused-ring (bicyclic) bond motifs is 4. The number of halogens is 2. The molecule has 0 spiro atoms. The Morgan fingerprint density at radius 3 is 1.36 bits per heavy atom. The molecular formula is C44H46Cl2N2SiZr. The van der Waals surface area contributed by atoms with E-state index in [-0.39, 0.29) is 24.8 Å². The topological polar surface area (TPSA) is 25.8 Å². The van der Waals surface area contributed by atoms with E-state index >= 15 is 0 Å². The molecule has 0 aliphatic heterocycles. The summed E-state index contributed by atoms with van der Waals surface area (Å²) in [7, 11) is 0. The number of allylic oxidation sites excluding steroid dienone is 2. The summed E-state index contributed by atoms with van der Waals surface area (Å²) < 4.78 is 6.44. The monoisotopic (exact) mass is 790 g/mol. The minimum absolute atomic E-state index is 0. The maximum Gasteiger partial charge on any atom is -0.147 e. The predicted octanol–water partition coefficient (Wildman–Crippen LogP) is 12.2. The van der Waals surface area contributed by atoms with E-state index in [1.165, 1.54) is 55.3 Å². The number of para-hydroxylation sites is 2. The summed E-state index contributed by atoms with van der Waals surface area (Å²) in [6, 6.07) is 35.6. The fourth-order valence-electron chi connectivity index (χ4n) is 9.07. The first-order valence-electron chi connectivity index (χ1n) is 17.5. The van der Waals surface area contributed by atoms with E-state index in [0.717, 1.165) is 11.0 Å². The summed E-state index contributed by atoms with van der Waals surface area (Å²) in [6.45, 7) is 12.1. The molecule has 6 heteroatoms. The molecule has 0 amide bonds. The van der Waals surface area contributed by atoms with Crippen LogP contribution in [0.4, 0.5) is 0 Å². The van der Waals surface area contributed by atoms with Gasteiger partial charge in [0.2, 0.25) is 0 Å². The number of aromatic nitrogens is 2. The average molecular weight is 793 g/mol. The Kier molecular flexibility index (Phi) is 9.85. The SMILES string of the molecule is CC(C)C1=Cc2c(-c3cnc4ccccc4c3)cccc2[CH]1[Zr]([CH3])([CH3])(=[SiH2])[CH]1C(C(C)C)=Cc2c(-c3cnc4ccccc4c3)cccc21.Cl.Cl. The molecule has 50 heavy (non-hydrogen) atoms. The second-order valence-electron chi connectivity index (χ2n) is 15.9. The Morgan fingerprint density at radius 2 is 0.960 bits per heavy atom. The largest absolute Gasteiger partial charge is 0.147 e. The standard InChI is InChI=1S/2C21H18N.2CH3.2ClH.H2Si.Zr/c2*1-14(2)17-10-15-7-5-8-19(20(15)12-17)18-11-16-6-3-4-9-21(16)22-13-18;;;;;;/h2*3-14H,1-2H3;2*1H3;2*1H;1H2;. The normalized spacial score (nSPS) is 16.9. The van der Waals surface area contributed by atoms with E-state index < -0.39 is 17.4 Å². The first kappa shape index (κ1) is 36.6. The van der Waals surface area contributed by atoms with Crippen LogP contribution in [-0.4, -0.2) is 16.8 Å². The van der Waals surface area contributed by atoms with Gasteiger partial charge in [-0.05, 0) is 0 Å². The van der Waals surface area contributed by atoms with Gasteiger partial charge in [0.15, 0.2) is 0 Å². The third-order valence-corrected chi connectivity index (χ3v) is 28.5. The van der Waals surface area contributed by atoms with E-state index in [9.17, 15) is 0 Å². The Labute approximate surface area is 311 Å². The van der Waals surface area contributed by atoms with Gasteiger partial charge in [0.1, 0.15) is 0 Å². The third kappa shape index (κ3) is 5.91. The number of rotatable bonds is 6. The summed E-state index contributed by atoms with van der Waals surface area (Å²) >= 11 is -3.81. The molecule has 0 saturated carbocycles. The molecule has 254 valence electrons. The molecular weight excluding hydrogens is 747 g/mol. The molecule has 0 N–H and O–H groups in total. The van der Waals surface area contributed by atoms with Crippen LogP contribution in [0.15, 0.2) is 121 Å². The van der Waals surface area contributed by atoms with Gasteiger partial charge < -0.3 is 0 Å². The van der Waals surface area contributed by atoms with Crippen LogP contribution >= 0.6 is 24.8 Å². The molecule has 8 rings (SSSR count). The van der Waals surface area contributed by atoms with Crippen molar-refractivity contribution in [1.29, 1.82) is 0 Å². The van der Waals surface area contributed by atoms with Crippen LogP contribution in [-0.2, 0) is 17.4 Å². The van der Waals surface area contributed by atoms with Gasteiger partial charge in [0.05, 0.1) is 0 Å². The summed E-state index contributed by atoms with van der Waals surface area (Å²) in [4.78, 5) is 9.74. The van der Waals surface area contributed by atoms with Crippen LogP contribution in [0.5, 0.6) is 0 Å². The Hall–Kier alpha value is -3.14. The van der Waals surface area contributed by atoms with Gasteiger partial charge in [-0.2, -0.15) is 0 Å². The van der Waals surface area contributed by atoms with Gasteiger partial charge in [0, 0.05) is 0 Å². The van der Waals surface area contributed by atoms with Crippen molar-refractivity contribution in [3.63, 3.8) is 0 Å². The molecule has 0 radical (unpaired) electrons.